The summed E-state index contributed by atoms with van der Waals surface area (Å²) in [5.41, 5.74) is 11.4. The first-order valence-electron chi connectivity index (χ1n) is 5.82. The predicted molar refractivity (Wildman–Crippen MR) is 70.7 cm³/mol. The number of benzene rings is 1. The van der Waals surface area contributed by atoms with Crippen LogP contribution in [0, 0.1) is 20.8 Å². The zero-order valence-electron chi connectivity index (χ0n) is 11.3. The number of hydrogen-bond donors (Lipinski definition) is 2. The van der Waals surface area contributed by atoms with Gasteiger partial charge in [0.15, 0.2) is 0 Å². The minimum absolute atomic E-state index is 0.0121. The molecule has 0 amide bonds. The molecule has 1 atom stereocenters. The summed E-state index contributed by atoms with van der Waals surface area (Å²) in [6, 6.07) is 4.42. The van der Waals surface area contributed by atoms with Gasteiger partial charge >= 0.3 is 0 Å². The van der Waals surface area contributed by atoms with Gasteiger partial charge in [0.05, 0.1) is 0 Å². The van der Waals surface area contributed by atoms with Crippen molar-refractivity contribution >= 4 is 0 Å². The van der Waals surface area contributed by atoms with E-state index in [4.69, 9.17) is 5.73 Å². The van der Waals surface area contributed by atoms with Crippen LogP contribution in [0.2, 0.25) is 0 Å². The number of rotatable bonds is 3. The van der Waals surface area contributed by atoms with Crippen LogP contribution in [0.25, 0.3) is 0 Å². The molecule has 0 heterocycles. The Morgan fingerprint density at radius 3 is 1.94 bits per heavy atom. The van der Waals surface area contributed by atoms with E-state index in [9.17, 15) is 0 Å². The molecule has 0 radical (unpaired) electrons. The van der Waals surface area contributed by atoms with Gasteiger partial charge in [0.25, 0.3) is 0 Å². The third kappa shape index (κ3) is 2.45. The van der Waals surface area contributed by atoms with Gasteiger partial charge in [-0.25, -0.2) is 0 Å². The molecule has 0 saturated carbocycles. The lowest BCUT2D eigenvalue weighted by atomic mass is 9.84. The Bertz CT molecular complexity index is 357. The van der Waals surface area contributed by atoms with Crippen molar-refractivity contribution in [2.75, 3.05) is 7.05 Å². The summed E-state index contributed by atoms with van der Waals surface area (Å²) in [5.74, 6) is 0. The van der Waals surface area contributed by atoms with Gasteiger partial charge < -0.3 is 11.1 Å². The first kappa shape index (κ1) is 13.2. The number of likely N-dealkylation sites (N-methyl/N-ethyl adjacent to an activating group) is 1. The van der Waals surface area contributed by atoms with Gasteiger partial charge in [-0.1, -0.05) is 17.7 Å². The molecule has 90 valence electrons. The smallest absolute Gasteiger partial charge is 0.0479 e. The third-order valence-corrected chi connectivity index (χ3v) is 3.47. The highest BCUT2D eigenvalue weighted by Crippen LogP contribution is 2.29. The van der Waals surface area contributed by atoms with E-state index >= 15 is 0 Å². The molecule has 0 aliphatic carbocycles. The van der Waals surface area contributed by atoms with Crippen LogP contribution in [0.5, 0.6) is 0 Å². The summed E-state index contributed by atoms with van der Waals surface area (Å²) in [6.07, 6.45) is 0. The first-order valence-corrected chi connectivity index (χ1v) is 5.82. The van der Waals surface area contributed by atoms with E-state index in [0.717, 1.165) is 0 Å². The molecule has 16 heavy (non-hydrogen) atoms. The van der Waals surface area contributed by atoms with Crippen LogP contribution < -0.4 is 11.1 Å². The summed E-state index contributed by atoms with van der Waals surface area (Å²) < 4.78 is 0. The first-order chi connectivity index (χ1) is 7.29. The molecule has 0 saturated heterocycles. The fourth-order valence-electron chi connectivity index (χ4n) is 2.20. The second-order valence-corrected chi connectivity index (χ2v) is 5.26. The molecule has 0 aliphatic heterocycles. The van der Waals surface area contributed by atoms with Crippen LogP contribution in [0.15, 0.2) is 12.1 Å². The average molecular weight is 220 g/mol. The van der Waals surface area contributed by atoms with E-state index in [-0.39, 0.29) is 11.6 Å². The second kappa shape index (κ2) is 4.56. The molecule has 2 heteroatoms. The van der Waals surface area contributed by atoms with Crippen LogP contribution in [0.1, 0.15) is 42.1 Å². The van der Waals surface area contributed by atoms with Crippen LogP contribution in [0.3, 0.4) is 0 Å². The molecule has 1 aromatic rings. The summed E-state index contributed by atoms with van der Waals surface area (Å²) >= 11 is 0. The molecule has 0 aliphatic rings. The number of aryl methyl sites for hydroxylation is 3. The minimum atomic E-state index is -0.0925. The molecule has 3 N–H and O–H groups in total. The van der Waals surface area contributed by atoms with Gasteiger partial charge in [-0.2, -0.15) is 0 Å². The van der Waals surface area contributed by atoms with Crippen molar-refractivity contribution in [2.24, 2.45) is 5.73 Å². The van der Waals surface area contributed by atoms with Crippen molar-refractivity contribution < 1.29 is 0 Å². The molecule has 1 rings (SSSR count). The van der Waals surface area contributed by atoms with E-state index in [2.05, 4.69) is 52.1 Å². The zero-order chi connectivity index (χ0) is 12.5. The van der Waals surface area contributed by atoms with Gasteiger partial charge in [0, 0.05) is 11.6 Å². The largest absolute Gasteiger partial charge is 0.322 e. The minimum Gasteiger partial charge on any atom is -0.322 e. The topological polar surface area (TPSA) is 38.0 Å². The molecule has 0 bridgehead atoms. The predicted octanol–water partition coefficient (Wildman–Crippen LogP) is 2.61. The van der Waals surface area contributed by atoms with Crippen LogP contribution >= 0.6 is 0 Å². The van der Waals surface area contributed by atoms with Crippen molar-refractivity contribution in [3.05, 3.63) is 34.4 Å². The van der Waals surface area contributed by atoms with Gasteiger partial charge in [-0.05, 0) is 58.4 Å². The van der Waals surface area contributed by atoms with E-state index in [1.165, 1.54) is 22.3 Å². The Morgan fingerprint density at radius 1 is 1.12 bits per heavy atom. The lowest BCUT2D eigenvalue weighted by Crippen LogP contribution is -2.46. The van der Waals surface area contributed by atoms with Gasteiger partial charge in [0.1, 0.15) is 0 Å². The lowest BCUT2D eigenvalue weighted by Gasteiger charge is -2.33. The van der Waals surface area contributed by atoms with E-state index < -0.39 is 0 Å². The summed E-state index contributed by atoms with van der Waals surface area (Å²) in [4.78, 5) is 0. The maximum absolute atomic E-state index is 6.37. The van der Waals surface area contributed by atoms with Crippen molar-refractivity contribution in [1.82, 2.24) is 5.32 Å². The second-order valence-electron chi connectivity index (χ2n) is 5.26. The number of hydrogen-bond acceptors (Lipinski definition) is 2. The highest BCUT2D eigenvalue weighted by atomic mass is 15.0. The van der Waals surface area contributed by atoms with E-state index in [1.807, 2.05) is 7.05 Å². The maximum atomic E-state index is 6.37. The standard InChI is InChI=1S/C14H24N2/c1-9-7-10(2)12(11(3)8-9)13(15)14(4,5)16-6/h7-8,13,16H,15H2,1-6H3. The Balaban J connectivity index is 3.24. The molecule has 2 nitrogen and oxygen atoms in total. The van der Waals surface area contributed by atoms with Gasteiger partial charge in [0.2, 0.25) is 0 Å². The van der Waals surface area contributed by atoms with Crippen molar-refractivity contribution in [3.63, 3.8) is 0 Å². The summed E-state index contributed by atoms with van der Waals surface area (Å²) in [5, 5.41) is 3.28. The normalized spacial score (nSPS) is 13.9. The molecular formula is C14H24N2. The molecule has 0 fully saturated rings. The molecular weight excluding hydrogens is 196 g/mol. The van der Waals surface area contributed by atoms with E-state index in [0.29, 0.717) is 0 Å². The Morgan fingerprint density at radius 2 is 1.56 bits per heavy atom. The van der Waals surface area contributed by atoms with Crippen molar-refractivity contribution in [1.29, 1.82) is 0 Å². The monoisotopic (exact) mass is 220 g/mol. The maximum Gasteiger partial charge on any atom is 0.0479 e. The highest BCUT2D eigenvalue weighted by molar-refractivity contribution is 5.40. The Labute approximate surface area is 99.2 Å². The fourth-order valence-corrected chi connectivity index (χ4v) is 2.20. The summed E-state index contributed by atoms with van der Waals surface area (Å²) in [7, 11) is 1.96. The Hall–Kier alpha value is -0.860. The molecule has 1 aromatic carbocycles. The third-order valence-electron chi connectivity index (χ3n) is 3.47. The zero-order valence-corrected chi connectivity index (χ0v) is 11.3. The van der Waals surface area contributed by atoms with Crippen LogP contribution in [0.4, 0.5) is 0 Å². The van der Waals surface area contributed by atoms with E-state index in [1.54, 1.807) is 0 Å². The molecule has 0 aromatic heterocycles. The molecule has 0 spiro atoms. The van der Waals surface area contributed by atoms with Crippen molar-refractivity contribution in [3.8, 4) is 0 Å². The van der Waals surface area contributed by atoms with Gasteiger partial charge in [-0.15, -0.1) is 0 Å². The lowest BCUT2D eigenvalue weighted by molar-refractivity contribution is 0.347. The van der Waals surface area contributed by atoms with Crippen LogP contribution in [-0.4, -0.2) is 12.6 Å². The average Bonchev–Trinajstić information content (AvgIpc) is 2.15. The van der Waals surface area contributed by atoms with Crippen molar-refractivity contribution in [2.45, 2.75) is 46.2 Å². The number of nitrogens with two attached hydrogens (primary N) is 1. The quantitative estimate of drug-likeness (QED) is 0.821. The fraction of sp³-hybridized carbons (Fsp3) is 0.571. The Kier molecular flexibility index (Phi) is 3.76. The van der Waals surface area contributed by atoms with Crippen LogP contribution in [-0.2, 0) is 0 Å². The number of nitrogens with one attached hydrogen (secondary N) is 1. The highest BCUT2D eigenvalue weighted by Gasteiger charge is 2.27. The van der Waals surface area contributed by atoms with Gasteiger partial charge in [-0.3, -0.25) is 0 Å². The SMILES string of the molecule is CNC(C)(C)C(N)c1c(C)cc(C)cc1C. The summed E-state index contributed by atoms with van der Waals surface area (Å²) in [6.45, 7) is 10.7. The molecule has 1 unspecified atom stereocenters.